The van der Waals surface area contributed by atoms with E-state index in [1.807, 2.05) is 29.2 Å². The van der Waals surface area contributed by atoms with Gasteiger partial charge in [-0.05, 0) is 23.6 Å². The van der Waals surface area contributed by atoms with Crippen molar-refractivity contribution in [2.75, 3.05) is 13.1 Å². The zero-order valence-electron chi connectivity index (χ0n) is 9.86. The molecule has 0 spiro atoms. The quantitative estimate of drug-likeness (QED) is 0.838. The van der Waals surface area contributed by atoms with Crippen LogP contribution in [0.4, 0.5) is 0 Å². The molecule has 3 heteroatoms. The molecule has 0 saturated carbocycles. The number of nitrogens with two attached hydrogens (primary N) is 1. The summed E-state index contributed by atoms with van der Waals surface area (Å²) in [6, 6.07) is 7.80. The van der Waals surface area contributed by atoms with E-state index in [2.05, 4.69) is 13.8 Å². The molecule has 86 valence electrons. The van der Waals surface area contributed by atoms with Crippen LogP contribution in [0.1, 0.15) is 29.8 Å². The van der Waals surface area contributed by atoms with Crippen molar-refractivity contribution in [1.82, 2.24) is 4.90 Å². The van der Waals surface area contributed by atoms with E-state index in [0.29, 0.717) is 6.54 Å². The minimum atomic E-state index is -0.0162. The molecule has 0 aromatic heterocycles. The van der Waals surface area contributed by atoms with Crippen LogP contribution in [-0.2, 0) is 6.54 Å². The standard InChI is InChI=1S/C13H18N2O/c1-13(2,8-14)9-15-7-10-5-3-4-6-11(10)12(15)16/h3-6H,7-9,14H2,1-2H3. The number of hydrogen-bond acceptors (Lipinski definition) is 2. The van der Waals surface area contributed by atoms with Crippen LogP contribution in [0.25, 0.3) is 0 Å². The number of hydrogen-bond donors (Lipinski definition) is 1. The molecule has 0 bridgehead atoms. The van der Waals surface area contributed by atoms with Gasteiger partial charge < -0.3 is 10.6 Å². The molecule has 3 nitrogen and oxygen atoms in total. The summed E-state index contributed by atoms with van der Waals surface area (Å²) in [5.74, 6) is 0.136. The lowest BCUT2D eigenvalue weighted by Crippen LogP contribution is -2.38. The van der Waals surface area contributed by atoms with Crippen LogP contribution in [-0.4, -0.2) is 23.9 Å². The van der Waals surface area contributed by atoms with Crippen molar-refractivity contribution in [3.05, 3.63) is 35.4 Å². The number of amides is 1. The zero-order chi connectivity index (χ0) is 11.8. The maximum absolute atomic E-state index is 12.1. The Morgan fingerprint density at radius 1 is 1.38 bits per heavy atom. The number of carbonyl (C=O) groups is 1. The fourth-order valence-corrected chi connectivity index (χ4v) is 2.02. The highest BCUT2D eigenvalue weighted by Gasteiger charge is 2.30. The molecule has 1 amide bonds. The van der Waals surface area contributed by atoms with Crippen molar-refractivity contribution in [3.8, 4) is 0 Å². The SMILES string of the molecule is CC(C)(CN)CN1Cc2ccccc2C1=O. The van der Waals surface area contributed by atoms with Gasteiger partial charge in [0.1, 0.15) is 0 Å². The Labute approximate surface area is 96.2 Å². The van der Waals surface area contributed by atoms with Gasteiger partial charge >= 0.3 is 0 Å². The van der Waals surface area contributed by atoms with Crippen LogP contribution in [0.15, 0.2) is 24.3 Å². The van der Waals surface area contributed by atoms with E-state index >= 15 is 0 Å². The molecule has 0 radical (unpaired) electrons. The third-order valence-electron chi connectivity index (χ3n) is 3.07. The van der Waals surface area contributed by atoms with Gasteiger partial charge in [0.05, 0.1) is 0 Å². The predicted octanol–water partition coefficient (Wildman–Crippen LogP) is 1.63. The molecule has 0 atom stereocenters. The van der Waals surface area contributed by atoms with Gasteiger partial charge in [-0.3, -0.25) is 4.79 Å². The van der Waals surface area contributed by atoms with Crippen LogP contribution in [0.3, 0.4) is 0 Å². The van der Waals surface area contributed by atoms with E-state index in [4.69, 9.17) is 5.73 Å². The largest absolute Gasteiger partial charge is 0.334 e. The van der Waals surface area contributed by atoms with Gasteiger partial charge in [0.15, 0.2) is 0 Å². The Kier molecular flexibility index (Phi) is 2.72. The molecule has 1 heterocycles. The van der Waals surface area contributed by atoms with Crippen molar-refractivity contribution in [2.24, 2.45) is 11.1 Å². The van der Waals surface area contributed by atoms with E-state index < -0.39 is 0 Å². The van der Waals surface area contributed by atoms with E-state index in [9.17, 15) is 4.79 Å². The second-order valence-electron chi connectivity index (χ2n) is 5.19. The van der Waals surface area contributed by atoms with E-state index in [1.165, 1.54) is 0 Å². The fourth-order valence-electron chi connectivity index (χ4n) is 2.02. The number of carbonyl (C=O) groups excluding carboxylic acids is 1. The highest BCUT2D eigenvalue weighted by molar-refractivity contribution is 5.98. The average molecular weight is 218 g/mol. The van der Waals surface area contributed by atoms with Crippen molar-refractivity contribution >= 4 is 5.91 Å². The highest BCUT2D eigenvalue weighted by atomic mass is 16.2. The summed E-state index contributed by atoms with van der Waals surface area (Å²) in [5.41, 5.74) is 7.65. The number of fused-ring (bicyclic) bond motifs is 1. The Morgan fingerprint density at radius 2 is 2.06 bits per heavy atom. The summed E-state index contributed by atoms with van der Waals surface area (Å²) in [7, 11) is 0. The van der Waals surface area contributed by atoms with Gasteiger partial charge in [0.2, 0.25) is 0 Å². The average Bonchev–Trinajstić information content (AvgIpc) is 2.56. The molecule has 0 fully saturated rings. The topological polar surface area (TPSA) is 46.3 Å². The fraction of sp³-hybridized carbons (Fsp3) is 0.462. The van der Waals surface area contributed by atoms with E-state index in [1.54, 1.807) is 0 Å². The van der Waals surface area contributed by atoms with E-state index in [0.717, 1.165) is 24.2 Å². The predicted molar refractivity (Wildman–Crippen MR) is 64.0 cm³/mol. The summed E-state index contributed by atoms with van der Waals surface area (Å²) in [4.78, 5) is 14.0. The maximum Gasteiger partial charge on any atom is 0.254 e. The van der Waals surface area contributed by atoms with Gasteiger partial charge in [-0.25, -0.2) is 0 Å². The molecule has 16 heavy (non-hydrogen) atoms. The first-order valence-electron chi connectivity index (χ1n) is 5.61. The van der Waals surface area contributed by atoms with Gasteiger partial charge in [0.25, 0.3) is 5.91 Å². The molecule has 2 rings (SSSR count). The second-order valence-corrected chi connectivity index (χ2v) is 5.19. The summed E-state index contributed by atoms with van der Waals surface area (Å²) >= 11 is 0. The third-order valence-corrected chi connectivity index (χ3v) is 3.07. The van der Waals surface area contributed by atoms with Crippen molar-refractivity contribution < 1.29 is 4.79 Å². The van der Waals surface area contributed by atoms with Crippen molar-refractivity contribution in [3.63, 3.8) is 0 Å². The first-order chi connectivity index (χ1) is 7.53. The molecule has 1 aromatic rings. The summed E-state index contributed by atoms with van der Waals surface area (Å²) < 4.78 is 0. The van der Waals surface area contributed by atoms with Crippen LogP contribution >= 0.6 is 0 Å². The third kappa shape index (κ3) is 1.95. The monoisotopic (exact) mass is 218 g/mol. The maximum atomic E-state index is 12.1. The van der Waals surface area contributed by atoms with Crippen LogP contribution in [0, 0.1) is 5.41 Å². The van der Waals surface area contributed by atoms with Gasteiger partial charge in [0, 0.05) is 18.7 Å². The molecule has 0 unspecified atom stereocenters. The minimum absolute atomic E-state index is 0.0162. The Hall–Kier alpha value is -1.35. The molecule has 1 aliphatic heterocycles. The normalized spacial score (nSPS) is 15.4. The highest BCUT2D eigenvalue weighted by Crippen LogP contribution is 2.26. The summed E-state index contributed by atoms with van der Waals surface area (Å²) in [6.45, 7) is 6.20. The summed E-state index contributed by atoms with van der Waals surface area (Å²) in [6.07, 6.45) is 0. The molecular formula is C13H18N2O. The van der Waals surface area contributed by atoms with Gasteiger partial charge in [-0.1, -0.05) is 32.0 Å². The van der Waals surface area contributed by atoms with Gasteiger partial charge in [-0.15, -0.1) is 0 Å². The molecule has 0 aliphatic carbocycles. The Bertz CT molecular complexity index is 412. The minimum Gasteiger partial charge on any atom is -0.334 e. The number of rotatable bonds is 3. The lowest BCUT2D eigenvalue weighted by atomic mass is 9.93. The first kappa shape index (κ1) is 11.1. The molecule has 2 N–H and O–H groups in total. The number of nitrogens with zero attached hydrogens (tertiary/aromatic N) is 1. The van der Waals surface area contributed by atoms with Crippen LogP contribution in [0.2, 0.25) is 0 Å². The number of benzene rings is 1. The molecule has 1 aliphatic rings. The molecular weight excluding hydrogens is 200 g/mol. The van der Waals surface area contributed by atoms with Crippen LogP contribution in [0.5, 0.6) is 0 Å². The Morgan fingerprint density at radius 3 is 2.69 bits per heavy atom. The first-order valence-corrected chi connectivity index (χ1v) is 5.61. The second kappa shape index (κ2) is 3.91. The van der Waals surface area contributed by atoms with E-state index in [-0.39, 0.29) is 11.3 Å². The van der Waals surface area contributed by atoms with Crippen molar-refractivity contribution in [1.29, 1.82) is 0 Å². The molecule has 0 saturated heterocycles. The van der Waals surface area contributed by atoms with Gasteiger partial charge in [-0.2, -0.15) is 0 Å². The lowest BCUT2D eigenvalue weighted by molar-refractivity contribution is 0.0714. The van der Waals surface area contributed by atoms with Crippen LogP contribution < -0.4 is 5.73 Å². The lowest BCUT2D eigenvalue weighted by Gasteiger charge is -2.28. The zero-order valence-corrected chi connectivity index (χ0v) is 9.86. The summed E-state index contributed by atoms with van der Waals surface area (Å²) in [5, 5.41) is 0. The smallest absolute Gasteiger partial charge is 0.254 e. The molecule has 1 aromatic carbocycles. The Balaban J connectivity index is 2.16. The van der Waals surface area contributed by atoms with Crippen molar-refractivity contribution in [2.45, 2.75) is 20.4 Å².